The van der Waals surface area contributed by atoms with Crippen LogP contribution in [0.1, 0.15) is 39.0 Å². The van der Waals surface area contributed by atoms with Crippen molar-refractivity contribution in [3.63, 3.8) is 0 Å². The molecule has 2 aliphatic carbocycles. The smallest absolute Gasteiger partial charge is 0.307 e. The zero-order valence-electron chi connectivity index (χ0n) is 13.9. The molecular weight excluding hydrogens is 332 g/mol. The first kappa shape index (κ1) is 17.2. The van der Waals surface area contributed by atoms with Crippen LogP contribution >= 0.6 is 0 Å². The van der Waals surface area contributed by atoms with Gasteiger partial charge in [-0.1, -0.05) is 0 Å². The molecule has 0 radical (unpaired) electrons. The van der Waals surface area contributed by atoms with Gasteiger partial charge in [-0.2, -0.15) is 5.26 Å². The van der Waals surface area contributed by atoms with Gasteiger partial charge in [0.25, 0.3) is 0 Å². The van der Waals surface area contributed by atoms with E-state index in [-0.39, 0.29) is 30.5 Å². The van der Waals surface area contributed by atoms with Gasteiger partial charge < -0.3 is 4.90 Å². The van der Waals surface area contributed by atoms with Crippen LogP contribution < -0.4 is 4.72 Å². The van der Waals surface area contributed by atoms with E-state index in [1.54, 1.807) is 0 Å². The molecule has 2 saturated carbocycles. The molecule has 24 heavy (non-hydrogen) atoms. The minimum absolute atomic E-state index is 0.0919. The standard InChI is InChI=1S/C15H22N4O4S/c1-15(5-6-15)17-24(22,23)10-3-4-12-11(9-10)13(20)18(2)14(21)19(12)8-7-16/h10-12,17H,3-6,8-9H2,1-2H3. The molecule has 1 aliphatic heterocycles. The first-order valence-electron chi connectivity index (χ1n) is 8.16. The number of urea groups is 1. The van der Waals surface area contributed by atoms with E-state index in [1.165, 1.54) is 11.9 Å². The van der Waals surface area contributed by atoms with Crippen molar-refractivity contribution in [1.29, 1.82) is 5.26 Å². The molecule has 0 aromatic rings. The summed E-state index contributed by atoms with van der Waals surface area (Å²) < 4.78 is 28.0. The fourth-order valence-electron chi connectivity index (χ4n) is 3.69. The predicted octanol–water partition coefficient (Wildman–Crippen LogP) is 0.413. The summed E-state index contributed by atoms with van der Waals surface area (Å²) >= 11 is 0. The Morgan fingerprint density at radius 1 is 1.33 bits per heavy atom. The minimum Gasteiger partial charge on any atom is -0.307 e. The van der Waals surface area contributed by atoms with Gasteiger partial charge in [-0.05, 0) is 39.0 Å². The van der Waals surface area contributed by atoms with E-state index in [0.29, 0.717) is 12.8 Å². The highest BCUT2D eigenvalue weighted by Crippen LogP contribution is 2.39. The van der Waals surface area contributed by atoms with E-state index < -0.39 is 27.2 Å². The number of hydrogen-bond donors (Lipinski definition) is 1. The van der Waals surface area contributed by atoms with Gasteiger partial charge in [-0.15, -0.1) is 0 Å². The zero-order chi connectivity index (χ0) is 17.7. The van der Waals surface area contributed by atoms with Crippen molar-refractivity contribution in [3.05, 3.63) is 0 Å². The largest absolute Gasteiger partial charge is 0.327 e. The highest BCUT2D eigenvalue weighted by Gasteiger charge is 2.51. The maximum Gasteiger partial charge on any atom is 0.327 e. The molecule has 0 aromatic carbocycles. The Bertz CT molecular complexity index is 709. The zero-order valence-corrected chi connectivity index (χ0v) is 14.7. The third-order valence-electron chi connectivity index (χ3n) is 5.41. The Labute approximate surface area is 141 Å². The molecule has 3 amide bonds. The molecule has 3 unspecified atom stereocenters. The van der Waals surface area contributed by atoms with Crippen molar-refractivity contribution in [2.75, 3.05) is 13.6 Å². The van der Waals surface area contributed by atoms with Crippen LogP contribution in [0.3, 0.4) is 0 Å². The van der Waals surface area contributed by atoms with Crippen LogP contribution in [0.25, 0.3) is 0 Å². The van der Waals surface area contributed by atoms with Crippen LogP contribution in [0, 0.1) is 17.2 Å². The lowest BCUT2D eigenvalue weighted by atomic mass is 9.81. The van der Waals surface area contributed by atoms with Gasteiger partial charge in [0.05, 0.1) is 17.2 Å². The number of carbonyl (C=O) groups excluding carboxylic acids is 2. The molecule has 3 fully saturated rings. The number of rotatable bonds is 4. The highest BCUT2D eigenvalue weighted by molar-refractivity contribution is 7.90. The molecule has 0 bridgehead atoms. The number of imide groups is 1. The maximum absolute atomic E-state index is 12.6. The van der Waals surface area contributed by atoms with Gasteiger partial charge in [0.2, 0.25) is 15.9 Å². The Kier molecular flexibility index (Phi) is 4.08. The molecule has 3 aliphatic rings. The Morgan fingerprint density at radius 2 is 2.00 bits per heavy atom. The van der Waals surface area contributed by atoms with Crippen LogP contribution in [0.4, 0.5) is 4.79 Å². The average Bonchev–Trinajstić information content (AvgIpc) is 3.25. The van der Waals surface area contributed by atoms with Gasteiger partial charge >= 0.3 is 6.03 Å². The lowest BCUT2D eigenvalue weighted by Crippen LogP contribution is -2.63. The second-order valence-electron chi connectivity index (χ2n) is 7.28. The van der Waals surface area contributed by atoms with Crippen LogP contribution in [-0.4, -0.2) is 60.6 Å². The van der Waals surface area contributed by atoms with Crippen LogP contribution in [0.2, 0.25) is 0 Å². The summed E-state index contributed by atoms with van der Waals surface area (Å²) in [7, 11) is -2.12. The number of hydrogen-bond acceptors (Lipinski definition) is 5. The number of fused-ring (bicyclic) bond motifs is 1. The SMILES string of the molecule is CN1C(=O)C2CC(S(=O)(=O)NC3(C)CC3)CCC2N(CC#N)C1=O. The van der Waals surface area contributed by atoms with Crippen molar-refractivity contribution in [2.45, 2.75) is 55.9 Å². The molecule has 3 rings (SSSR count). The van der Waals surface area contributed by atoms with Gasteiger partial charge in [0, 0.05) is 18.6 Å². The monoisotopic (exact) mass is 354 g/mol. The number of nitrogens with zero attached hydrogens (tertiary/aromatic N) is 3. The number of sulfonamides is 1. The Morgan fingerprint density at radius 3 is 2.58 bits per heavy atom. The molecular formula is C15H22N4O4S. The lowest BCUT2D eigenvalue weighted by Gasteiger charge is -2.46. The summed E-state index contributed by atoms with van der Waals surface area (Å²) in [6, 6.07) is 1.09. The van der Waals surface area contributed by atoms with E-state index in [1.807, 2.05) is 13.0 Å². The summed E-state index contributed by atoms with van der Waals surface area (Å²) in [4.78, 5) is 27.1. The Hall–Kier alpha value is -1.66. The molecule has 1 N–H and O–H groups in total. The maximum atomic E-state index is 12.6. The molecule has 0 aromatic heterocycles. The lowest BCUT2D eigenvalue weighted by molar-refractivity contribution is -0.138. The third kappa shape index (κ3) is 2.89. The molecule has 0 spiro atoms. The fraction of sp³-hybridized carbons (Fsp3) is 0.800. The summed E-state index contributed by atoms with van der Waals surface area (Å²) in [5.41, 5.74) is -0.341. The highest BCUT2D eigenvalue weighted by atomic mass is 32.2. The van der Waals surface area contributed by atoms with Gasteiger partial charge in [0.1, 0.15) is 6.54 Å². The second kappa shape index (κ2) is 5.70. The van der Waals surface area contributed by atoms with Crippen molar-refractivity contribution in [1.82, 2.24) is 14.5 Å². The van der Waals surface area contributed by atoms with Gasteiger partial charge in [0.15, 0.2) is 0 Å². The van der Waals surface area contributed by atoms with E-state index in [2.05, 4.69) is 4.72 Å². The number of nitrogens with one attached hydrogen (secondary N) is 1. The van der Waals surface area contributed by atoms with E-state index >= 15 is 0 Å². The molecule has 1 heterocycles. The first-order valence-corrected chi connectivity index (χ1v) is 9.71. The summed E-state index contributed by atoms with van der Waals surface area (Å²) in [5.74, 6) is -0.917. The van der Waals surface area contributed by atoms with Crippen LogP contribution in [0.15, 0.2) is 0 Å². The van der Waals surface area contributed by atoms with Crippen LogP contribution in [0.5, 0.6) is 0 Å². The summed E-state index contributed by atoms with van der Waals surface area (Å²) in [6.45, 7) is 1.79. The molecule has 132 valence electrons. The van der Waals surface area contributed by atoms with Gasteiger partial charge in [-0.25, -0.2) is 17.9 Å². The van der Waals surface area contributed by atoms with Crippen molar-refractivity contribution in [2.24, 2.45) is 5.92 Å². The van der Waals surface area contributed by atoms with Crippen LogP contribution in [-0.2, 0) is 14.8 Å². The molecule has 3 atom stereocenters. The summed E-state index contributed by atoms with van der Waals surface area (Å²) in [6.07, 6.45) is 2.65. The average molecular weight is 354 g/mol. The normalized spacial score (nSPS) is 32.3. The molecule has 9 heteroatoms. The van der Waals surface area contributed by atoms with Crippen molar-refractivity contribution >= 4 is 22.0 Å². The number of amides is 3. The third-order valence-corrected chi connectivity index (χ3v) is 7.50. The summed E-state index contributed by atoms with van der Waals surface area (Å²) in [5, 5.41) is 8.31. The quantitative estimate of drug-likeness (QED) is 0.735. The van der Waals surface area contributed by atoms with E-state index in [0.717, 1.165) is 17.7 Å². The number of nitriles is 1. The predicted molar refractivity (Wildman–Crippen MR) is 85.1 cm³/mol. The van der Waals surface area contributed by atoms with E-state index in [9.17, 15) is 18.0 Å². The molecule has 8 nitrogen and oxygen atoms in total. The second-order valence-corrected chi connectivity index (χ2v) is 9.24. The van der Waals surface area contributed by atoms with Crippen molar-refractivity contribution in [3.8, 4) is 6.07 Å². The first-order chi connectivity index (χ1) is 11.2. The van der Waals surface area contributed by atoms with E-state index in [4.69, 9.17) is 5.26 Å². The fourth-order valence-corrected chi connectivity index (χ4v) is 5.66. The molecule has 1 saturated heterocycles. The number of carbonyl (C=O) groups is 2. The topological polar surface area (TPSA) is 111 Å². The van der Waals surface area contributed by atoms with Gasteiger partial charge in [-0.3, -0.25) is 9.69 Å². The van der Waals surface area contributed by atoms with Crippen molar-refractivity contribution < 1.29 is 18.0 Å². The Balaban J connectivity index is 1.80. The minimum atomic E-state index is -3.50.